The van der Waals surface area contributed by atoms with Crippen LogP contribution in [0.15, 0.2) is 59.5 Å². The summed E-state index contributed by atoms with van der Waals surface area (Å²) < 4.78 is 0. The lowest BCUT2D eigenvalue weighted by atomic mass is 10.0. The number of thioether (sulfide) groups is 2. The Balaban J connectivity index is 2.06. The first kappa shape index (κ1) is 21.4. The smallest absolute Gasteiger partial charge is 0.0547 e. The summed E-state index contributed by atoms with van der Waals surface area (Å²) >= 11 is 4.04. The Kier molecular flexibility index (Phi) is 10.3. The van der Waals surface area contributed by atoms with Gasteiger partial charge in [0.1, 0.15) is 0 Å². The molecule has 0 spiro atoms. The second-order valence-electron chi connectivity index (χ2n) is 6.46. The average molecular weight is 388 g/mol. The number of nitrogens with zero attached hydrogens (tertiary/aromatic N) is 1. The van der Waals surface area contributed by atoms with E-state index in [-0.39, 0.29) is 0 Å². The van der Waals surface area contributed by atoms with Crippen molar-refractivity contribution in [2.75, 3.05) is 31.1 Å². The lowest BCUT2D eigenvalue weighted by Gasteiger charge is -2.22. The van der Waals surface area contributed by atoms with Gasteiger partial charge in [-0.25, -0.2) is 0 Å². The zero-order valence-electron chi connectivity index (χ0n) is 16.5. The standard InChI is InChI=1S/C23H33NS2/c1-4-7-18-25-22-15-13-21(14-16-22)23(20-11-9-8-10-12-20)26-19-17-24(5-2)6-3/h8-16,23H,4-7,17-19H2,1-3H3. The van der Waals surface area contributed by atoms with E-state index in [1.807, 2.05) is 11.8 Å². The van der Waals surface area contributed by atoms with Crippen LogP contribution >= 0.6 is 23.5 Å². The van der Waals surface area contributed by atoms with E-state index < -0.39 is 0 Å². The zero-order valence-corrected chi connectivity index (χ0v) is 18.1. The van der Waals surface area contributed by atoms with E-state index in [4.69, 9.17) is 0 Å². The van der Waals surface area contributed by atoms with Crippen LogP contribution in [0.5, 0.6) is 0 Å². The lowest BCUT2D eigenvalue weighted by molar-refractivity contribution is 0.324. The van der Waals surface area contributed by atoms with Crippen molar-refractivity contribution in [1.29, 1.82) is 0 Å². The summed E-state index contributed by atoms with van der Waals surface area (Å²) in [6, 6.07) is 20.2. The summed E-state index contributed by atoms with van der Waals surface area (Å²) in [6.45, 7) is 10.2. The highest BCUT2D eigenvalue weighted by Crippen LogP contribution is 2.36. The first-order valence-electron chi connectivity index (χ1n) is 9.90. The van der Waals surface area contributed by atoms with Crippen molar-refractivity contribution >= 4 is 23.5 Å². The fourth-order valence-electron chi connectivity index (χ4n) is 2.93. The molecule has 142 valence electrons. The Morgan fingerprint density at radius 1 is 0.808 bits per heavy atom. The summed E-state index contributed by atoms with van der Waals surface area (Å²) in [4.78, 5) is 3.89. The van der Waals surface area contributed by atoms with Gasteiger partial charge in [0.15, 0.2) is 0 Å². The molecule has 0 aliphatic carbocycles. The third-order valence-corrected chi connectivity index (χ3v) is 7.03. The topological polar surface area (TPSA) is 3.24 Å². The summed E-state index contributed by atoms with van der Waals surface area (Å²) in [7, 11) is 0. The van der Waals surface area contributed by atoms with Crippen LogP contribution in [0.4, 0.5) is 0 Å². The molecule has 1 atom stereocenters. The molecule has 2 aromatic carbocycles. The number of hydrogen-bond acceptors (Lipinski definition) is 3. The normalized spacial score (nSPS) is 12.5. The molecule has 0 saturated heterocycles. The fourth-order valence-corrected chi connectivity index (χ4v) is 5.22. The minimum Gasteiger partial charge on any atom is -0.303 e. The Bertz CT molecular complexity index is 593. The second kappa shape index (κ2) is 12.5. The highest BCUT2D eigenvalue weighted by Gasteiger charge is 2.15. The predicted molar refractivity (Wildman–Crippen MR) is 121 cm³/mol. The van der Waals surface area contributed by atoms with Crippen molar-refractivity contribution in [3.05, 3.63) is 65.7 Å². The van der Waals surface area contributed by atoms with Crippen molar-refractivity contribution in [2.45, 2.75) is 43.8 Å². The monoisotopic (exact) mass is 387 g/mol. The van der Waals surface area contributed by atoms with Crippen LogP contribution in [0.25, 0.3) is 0 Å². The first-order chi connectivity index (χ1) is 12.8. The van der Waals surface area contributed by atoms with Gasteiger partial charge in [0, 0.05) is 17.2 Å². The molecule has 0 aliphatic heterocycles. The molecule has 0 N–H and O–H groups in total. The van der Waals surface area contributed by atoms with Gasteiger partial charge in [-0.15, -0.1) is 23.5 Å². The van der Waals surface area contributed by atoms with Crippen LogP contribution in [-0.4, -0.2) is 36.0 Å². The summed E-state index contributed by atoms with van der Waals surface area (Å²) in [5.41, 5.74) is 2.82. The largest absolute Gasteiger partial charge is 0.303 e. The van der Waals surface area contributed by atoms with E-state index in [1.165, 1.54) is 34.6 Å². The summed E-state index contributed by atoms with van der Waals surface area (Å²) in [5.74, 6) is 2.38. The van der Waals surface area contributed by atoms with Gasteiger partial charge < -0.3 is 4.90 Å². The highest BCUT2D eigenvalue weighted by molar-refractivity contribution is 7.99. The predicted octanol–water partition coefficient (Wildman–Crippen LogP) is 6.74. The maximum atomic E-state index is 2.50. The van der Waals surface area contributed by atoms with Gasteiger partial charge in [0.05, 0.1) is 5.25 Å². The molecule has 0 amide bonds. The van der Waals surface area contributed by atoms with E-state index in [9.17, 15) is 0 Å². The van der Waals surface area contributed by atoms with Crippen molar-refractivity contribution in [2.24, 2.45) is 0 Å². The third kappa shape index (κ3) is 7.02. The zero-order chi connectivity index (χ0) is 18.6. The molecule has 0 saturated carbocycles. The van der Waals surface area contributed by atoms with Crippen LogP contribution in [0.1, 0.15) is 50.0 Å². The molecule has 2 aromatic rings. The molecule has 1 unspecified atom stereocenters. The van der Waals surface area contributed by atoms with Gasteiger partial charge in [0.25, 0.3) is 0 Å². The third-order valence-electron chi connectivity index (χ3n) is 4.64. The van der Waals surface area contributed by atoms with Crippen LogP contribution in [0.3, 0.4) is 0 Å². The fraction of sp³-hybridized carbons (Fsp3) is 0.478. The van der Waals surface area contributed by atoms with Crippen molar-refractivity contribution in [1.82, 2.24) is 4.90 Å². The van der Waals surface area contributed by atoms with Crippen molar-refractivity contribution in [3.8, 4) is 0 Å². The molecule has 2 rings (SSSR count). The molecule has 0 aromatic heterocycles. The molecule has 0 bridgehead atoms. The number of unbranched alkanes of at least 4 members (excludes halogenated alkanes) is 1. The Hall–Kier alpha value is -0.900. The van der Waals surface area contributed by atoms with Crippen molar-refractivity contribution in [3.63, 3.8) is 0 Å². The van der Waals surface area contributed by atoms with E-state index in [0.717, 1.165) is 25.4 Å². The number of hydrogen-bond donors (Lipinski definition) is 0. The average Bonchev–Trinajstić information content (AvgIpc) is 2.70. The van der Waals surface area contributed by atoms with E-state index in [1.54, 1.807) is 0 Å². The molecule has 0 radical (unpaired) electrons. The molecular weight excluding hydrogens is 354 g/mol. The second-order valence-corrected chi connectivity index (χ2v) is 8.84. The van der Waals surface area contributed by atoms with Gasteiger partial charge in [0.2, 0.25) is 0 Å². The quantitative estimate of drug-likeness (QED) is 0.293. The van der Waals surface area contributed by atoms with E-state index >= 15 is 0 Å². The van der Waals surface area contributed by atoms with Gasteiger partial charge in [-0.3, -0.25) is 0 Å². The van der Waals surface area contributed by atoms with Gasteiger partial charge in [-0.05, 0) is 48.5 Å². The first-order valence-corrected chi connectivity index (χ1v) is 11.9. The van der Waals surface area contributed by atoms with Crippen molar-refractivity contribution < 1.29 is 0 Å². The Morgan fingerprint density at radius 3 is 2.08 bits per heavy atom. The van der Waals surface area contributed by atoms with E-state index in [2.05, 4.69) is 92.0 Å². The van der Waals surface area contributed by atoms with E-state index in [0.29, 0.717) is 5.25 Å². The molecule has 1 nitrogen and oxygen atoms in total. The molecule has 3 heteroatoms. The van der Waals surface area contributed by atoms with Gasteiger partial charge in [-0.1, -0.05) is 69.7 Å². The maximum Gasteiger partial charge on any atom is 0.0547 e. The summed E-state index contributed by atoms with van der Waals surface area (Å²) in [6.07, 6.45) is 2.56. The van der Waals surface area contributed by atoms with Crippen LogP contribution < -0.4 is 0 Å². The molecular formula is C23H33NS2. The minimum atomic E-state index is 0.418. The molecule has 0 heterocycles. The van der Waals surface area contributed by atoms with Crippen LogP contribution in [0, 0.1) is 0 Å². The highest BCUT2D eigenvalue weighted by atomic mass is 32.2. The number of benzene rings is 2. The minimum absolute atomic E-state index is 0.418. The molecule has 0 fully saturated rings. The molecule has 0 aliphatic rings. The Morgan fingerprint density at radius 2 is 1.46 bits per heavy atom. The Labute approximate surface area is 169 Å². The van der Waals surface area contributed by atoms with Gasteiger partial charge in [-0.2, -0.15) is 0 Å². The SMILES string of the molecule is CCCCSc1ccc(C(SCCN(CC)CC)c2ccccc2)cc1. The molecule has 26 heavy (non-hydrogen) atoms. The summed E-state index contributed by atoms with van der Waals surface area (Å²) in [5, 5.41) is 0.418. The number of rotatable bonds is 12. The maximum absolute atomic E-state index is 2.50. The van der Waals surface area contributed by atoms with Crippen LogP contribution in [-0.2, 0) is 0 Å². The lowest BCUT2D eigenvalue weighted by Crippen LogP contribution is -2.25. The van der Waals surface area contributed by atoms with Gasteiger partial charge >= 0.3 is 0 Å². The van der Waals surface area contributed by atoms with Crippen LogP contribution in [0.2, 0.25) is 0 Å².